The third-order valence-corrected chi connectivity index (χ3v) is 18.9. The van der Waals surface area contributed by atoms with Gasteiger partial charge in [0.25, 0.3) is 35.4 Å². The second-order valence-corrected chi connectivity index (χ2v) is 28.2. The SMILES string of the molecule is CCC(COCCC(=O)CCCCCCCCC(=O)CCCCCCCCC(=O)ON1C(=O)CCC1=O)(COCCC(=O)NCCCCCCCC(=O)NCCCCCCCC(=O)ON1C(=O)CCC1=O)COCCC(=O)NCCCCCCCC(=O)NCCCCCCCC(=O)ON1C(=O)CCC1=O. The molecule has 3 rings (SSSR count). The summed E-state index contributed by atoms with van der Waals surface area (Å²) in [5.74, 6) is -4.46. The topological polar surface area (TPSA) is 369 Å². The van der Waals surface area contributed by atoms with Crippen LogP contribution in [0.1, 0.15) is 328 Å². The van der Waals surface area contributed by atoms with Gasteiger partial charge in [0.1, 0.15) is 11.6 Å². The van der Waals surface area contributed by atoms with Gasteiger partial charge in [-0.3, -0.25) is 57.5 Å². The lowest BCUT2D eigenvalue weighted by atomic mass is 9.88. The molecule has 4 N–H and O–H groups in total. The number of hydrogen-bond acceptors (Lipinski definition) is 21. The van der Waals surface area contributed by atoms with Gasteiger partial charge in [0.15, 0.2) is 0 Å². The monoisotopic (exact) mass is 1490 g/mol. The van der Waals surface area contributed by atoms with E-state index in [-0.39, 0.29) is 152 Å². The fourth-order valence-corrected chi connectivity index (χ4v) is 12.1. The van der Waals surface area contributed by atoms with Crippen LogP contribution in [0, 0.1) is 5.41 Å². The molecular weight excluding hydrogens is 1360 g/mol. The number of hydroxylamine groups is 6. The average Bonchev–Trinajstić information content (AvgIpc) is 1.75. The Morgan fingerprint density at radius 3 is 0.752 bits per heavy atom. The highest BCUT2D eigenvalue weighted by atomic mass is 16.7. The molecule has 0 unspecified atom stereocenters. The van der Waals surface area contributed by atoms with E-state index < -0.39 is 58.8 Å². The summed E-state index contributed by atoms with van der Waals surface area (Å²) >= 11 is 0. The minimum absolute atomic E-state index is 0.0230. The largest absolute Gasteiger partial charge is 0.380 e. The molecule has 0 aromatic rings. The Morgan fingerprint density at radius 2 is 0.486 bits per heavy atom. The van der Waals surface area contributed by atoms with Crippen LogP contribution in [-0.4, -0.2) is 170 Å². The van der Waals surface area contributed by atoms with Crippen molar-refractivity contribution in [3.05, 3.63) is 0 Å². The van der Waals surface area contributed by atoms with E-state index in [1.807, 2.05) is 6.92 Å². The maximum Gasteiger partial charge on any atom is 0.333 e. The molecule has 10 amide bonds. The molecule has 105 heavy (non-hydrogen) atoms. The maximum absolute atomic E-state index is 12.9. The second kappa shape index (κ2) is 59.0. The van der Waals surface area contributed by atoms with Crippen LogP contribution in [0.25, 0.3) is 0 Å². The number of hydrogen-bond donors (Lipinski definition) is 4. The van der Waals surface area contributed by atoms with E-state index in [9.17, 15) is 71.9 Å². The summed E-state index contributed by atoms with van der Waals surface area (Å²) in [4.78, 5) is 196. The van der Waals surface area contributed by atoms with Gasteiger partial charge in [-0.1, -0.05) is 135 Å². The fraction of sp³-hybridized carbons (Fsp3) is 0.805. The van der Waals surface area contributed by atoms with Crippen LogP contribution in [0.3, 0.4) is 0 Å². The first-order valence-electron chi connectivity index (χ1n) is 39.8. The number of Topliss-reactive ketones (excluding diaryl/α,β-unsaturated/α-hetero) is 2. The van der Waals surface area contributed by atoms with E-state index in [2.05, 4.69) is 21.3 Å². The molecule has 0 atom stereocenters. The summed E-state index contributed by atoms with van der Waals surface area (Å²) in [6.45, 7) is 5.63. The summed E-state index contributed by atoms with van der Waals surface area (Å²) < 4.78 is 18.4. The summed E-state index contributed by atoms with van der Waals surface area (Å²) in [5.41, 5.74) is -0.592. The van der Waals surface area contributed by atoms with Gasteiger partial charge < -0.3 is 50.0 Å². The van der Waals surface area contributed by atoms with Gasteiger partial charge >= 0.3 is 17.9 Å². The molecular formula is C77H127N7O21. The molecule has 0 radical (unpaired) electrons. The number of imide groups is 3. The lowest BCUT2D eigenvalue weighted by Gasteiger charge is -2.32. The minimum Gasteiger partial charge on any atom is -0.380 e. The Hall–Kier alpha value is -7.07. The van der Waals surface area contributed by atoms with E-state index in [1.165, 1.54) is 0 Å². The number of carbonyl (C=O) groups is 15. The molecule has 3 saturated heterocycles. The molecule has 0 bridgehead atoms. The van der Waals surface area contributed by atoms with E-state index in [0.717, 1.165) is 186 Å². The van der Waals surface area contributed by atoms with Crippen LogP contribution in [0.5, 0.6) is 0 Å². The highest BCUT2D eigenvalue weighted by molar-refractivity contribution is 6.03. The molecule has 3 fully saturated rings. The van der Waals surface area contributed by atoms with E-state index in [4.69, 9.17) is 28.7 Å². The van der Waals surface area contributed by atoms with Crippen molar-refractivity contribution < 1.29 is 101 Å². The number of rotatable bonds is 69. The van der Waals surface area contributed by atoms with Crippen molar-refractivity contribution in [2.24, 2.45) is 5.41 Å². The number of nitrogens with one attached hydrogen (secondary N) is 4. The maximum atomic E-state index is 12.9. The molecule has 0 aromatic carbocycles. The summed E-state index contributed by atoms with van der Waals surface area (Å²) in [6, 6.07) is 0. The van der Waals surface area contributed by atoms with Gasteiger partial charge in [0.05, 0.1) is 39.6 Å². The number of ether oxygens (including phenoxy) is 3. The predicted octanol–water partition coefficient (Wildman–Crippen LogP) is 10.6. The van der Waals surface area contributed by atoms with Gasteiger partial charge in [-0.2, -0.15) is 0 Å². The van der Waals surface area contributed by atoms with Crippen molar-refractivity contribution in [1.82, 2.24) is 36.5 Å². The van der Waals surface area contributed by atoms with Gasteiger partial charge in [-0.05, 0) is 83.5 Å². The van der Waals surface area contributed by atoms with Crippen molar-refractivity contribution in [2.45, 2.75) is 328 Å². The highest BCUT2D eigenvalue weighted by Crippen LogP contribution is 2.26. The van der Waals surface area contributed by atoms with Gasteiger partial charge in [-0.15, -0.1) is 15.2 Å². The van der Waals surface area contributed by atoms with Crippen molar-refractivity contribution >= 4 is 88.5 Å². The normalized spacial score (nSPS) is 13.8. The first-order valence-corrected chi connectivity index (χ1v) is 39.8. The molecule has 0 aliphatic carbocycles. The Kier molecular flexibility index (Phi) is 51.8. The highest BCUT2D eigenvalue weighted by Gasteiger charge is 2.35. The molecule has 3 heterocycles. The molecule has 0 aromatic heterocycles. The van der Waals surface area contributed by atoms with Crippen LogP contribution in [-0.2, 0) is 101 Å². The quantitative estimate of drug-likeness (QED) is 0.0325. The summed E-state index contributed by atoms with van der Waals surface area (Å²) in [5, 5.41) is 13.6. The molecule has 0 spiro atoms. The minimum atomic E-state index is -0.592. The first kappa shape index (κ1) is 92.1. The third kappa shape index (κ3) is 46.6. The zero-order valence-corrected chi connectivity index (χ0v) is 63.3. The molecule has 28 heteroatoms. The number of amides is 10. The molecule has 596 valence electrons. The molecule has 3 aliphatic rings. The number of ketones is 2. The number of nitrogens with zero attached hydrogens (tertiary/aromatic N) is 3. The fourth-order valence-electron chi connectivity index (χ4n) is 12.1. The van der Waals surface area contributed by atoms with E-state index in [1.54, 1.807) is 0 Å². The average molecular weight is 1490 g/mol. The standard InChI is InChI=1S/C77H127N7O21/c1-2-77(59-100-56-49-63(86)37-25-13-4-3-11-23-35-62(85)36-24-12-5-6-16-28-40-74(97)103-82-68(91)43-44-69(82)92,60-101-57-50-66(89)80-54-33-19-7-14-26-38-64(87)78-52-31-21-9-17-29-41-75(98)104-83-70(93)45-46-71(83)94)61-102-58-51-67(90)81-55-34-20-8-15-27-39-65(88)79-53-32-22-10-18-30-42-76(99)105-84-72(95)47-48-73(84)96/h2-61H2,1H3,(H,78,87)(H,79,88)(H,80,89)(H,81,90). The van der Waals surface area contributed by atoms with Crippen molar-refractivity contribution in [3.8, 4) is 0 Å². The Balaban J connectivity index is 1.23. The Morgan fingerprint density at radius 1 is 0.276 bits per heavy atom. The second-order valence-electron chi connectivity index (χ2n) is 28.2. The zero-order chi connectivity index (χ0) is 76.4. The van der Waals surface area contributed by atoms with Crippen LogP contribution < -0.4 is 21.3 Å². The lowest BCUT2D eigenvalue weighted by molar-refractivity contribution is -0.197. The Labute approximate surface area is 622 Å². The van der Waals surface area contributed by atoms with Crippen LogP contribution in [0.15, 0.2) is 0 Å². The number of carbonyl (C=O) groups excluding carboxylic acids is 15. The van der Waals surface area contributed by atoms with Crippen molar-refractivity contribution in [1.29, 1.82) is 0 Å². The summed E-state index contributed by atoms with van der Waals surface area (Å²) in [7, 11) is 0. The Bertz CT molecular complexity index is 2330. The summed E-state index contributed by atoms with van der Waals surface area (Å²) in [6.07, 6.45) is 32.0. The number of unbranched alkanes of at least 4 members (excludes halogenated alkanes) is 26. The molecule has 28 nitrogen and oxygen atoms in total. The zero-order valence-electron chi connectivity index (χ0n) is 63.3. The lowest BCUT2D eigenvalue weighted by Crippen LogP contribution is -2.38. The van der Waals surface area contributed by atoms with Crippen LogP contribution >= 0.6 is 0 Å². The van der Waals surface area contributed by atoms with Gasteiger partial charge in [0.2, 0.25) is 23.6 Å². The smallest absolute Gasteiger partial charge is 0.333 e. The third-order valence-electron chi connectivity index (χ3n) is 18.9. The van der Waals surface area contributed by atoms with Crippen LogP contribution in [0.2, 0.25) is 0 Å². The predicted molar refractivity (Wildman–Crippen MR) is 387 cm³/mol. The van der Waals surface area contributed by atoms with Gasteiger partial charge in [-0.25, -0.2) is 14.4 Å². The van der Waals surface area contributed by atoms with Crippen molar-refractivity contribution in [3.63, 3.8) is 0 Å². The van der Waals surface area contributed by atoms with E-state index >= 15 is 0 Å². The van der Waals surface area contributed by atoms with Crippen molar-refractivity contribution in [2.75, 3.05) is 65.8 Å². The van der Waals surface area contributed by atoms with Crippen LogP contribution in [0.4, 0.5) is 0 Å². The van der Waals surface area contributed by atoms with E-state index in [0.29, 0.717) is 99.2 Å². The molecule has 3 aliphatic heterocycles. The molecule has 0 saturated carbocycles. The van der Waals surface area contributed by atoms with Gasteiger partial charge in [0, 0.05) is 141 Å². The first-order chi connectivity index (χ1) is 50.8.